The highest BCUT2D eigenvalue weighted by atomic mass is 32.2. The fourth-order valence-electron chi connectivity index (χ4n) is 2.40. The molecule has 3 rings (SSSR count). The second-order valence-electron chi connectivity index (χ2n) is 5.07. The van der Waals surface area contributed by atoms with Crippen LogP contribution in [0.3, 0.4) is 0 Å². The molecule has 8 nitrogen and oxygen atoms in total. The van der Waals surface area contributed by atoms with Crippen LogP contribution in [0.4, 0.5) is 11.5 Å². The molecule has 2 aromatic heterocycles. The molecule has 1 aromatic carbocycles. The van der Waals surface area contributed by atoms with Crippen molar-refractivity contribution < 1.29 is 8.42 Å². The Balaban J connectivity index is 2.14. The van der Waals surface area contributed by atoms with Crippen molar-refractivity contribution in [2.45, 2.75) is 18.7 Å². The van der Waals surface area contributed by atoms with E-state index in [1.54, 1.807) is 25.3 Å². The Labute approximate surface area is 133 Å². The Hall–Kier alpha value is -2.52. The summed E-state index contributed by atoms with van der Waals surface area (Å²) in [7, 11) is -2.15. The van der Waals surface area contributed by atoms with E-state index in [9.17, 15) is 8.42 Å². The number of aromatic amines is 1. The first kappa shape index (κ1) is 15.4. The highest BCUT2D eigenvalue weighted by Crippen LogP contribution is 2.30. The molecule has 0 saturated carbocycles. The van der Waals surface area contributed by atoms with Gasteiger partial charge in [0.2, 0.25) is 10.0 Å². The summed E-state index contributed by atoms with van der Waals surface area (Å²) < 4.78 is 26.6. The van der Waals surface area contributed by atoms with Crippen molar-refractivity contribution in [3.63, 3.8) is 0 Å². The van der Waals surface area contributed by atoms with E-state index in [2.05, 4.69) is 30.2 Å². The van der Waals surface area contributed by atoms with E-state index >= 15 is 0 Å². The standard InChI is InChI=1S/C14H16N6O2S/c1-8-4-5-11(23(21,22)15-3)9(2)12(8)19-14-13-10(6-18-20-13)16-7-17-14/h4-7,15H,1-3H3,(H,18,20)(H,16,17,19). The number of benzene rings is 1. The van der Waals surface area contributed by atoms with E-state index in [4.69, 9.17) is 0 Å². The minimum absolute atomic E-state index is 0.225. The Morgan fingerprint density at radius 3 is 2.70 bits per heavy atom. The van der Waals surface area contributed by atoms with Crippen molar-refractivity contribution >= 4 is 32.6 Å². The first-order valence-corrected chi connectivity index (χ1v) is 8.37. The smallest absolute Gasteiger partial charge is 0.240 e. The third-order valence-corrected chi connectivity index (χ3v) is 5.22. The van der Waals surface area contributed by atoms with Gasteiger partial charge in [0.15, 0.2) is 5.82 Å². The summed E-state index contributed by atoms with van der Waals surface area (Å²) in [6, 6.07) is 3.35. The van der Waals surface area contributed by atoms with Gasteiger partial charge in [0.25, 0.3) is 0 Å². The van der Waals surface area contributed by atoms with E-state index in [1.165, 1.54) is 13.4 Å². The summed E-state index contributed by atoms with van der Waals surface area (Å²) in [5.41, 5.74) is 3.55. The van der Waals surface area contributed by atoms with E-state index < -0.39 is 10.0 Å². The molecule has 3 aromatic rings. The maximum absolute atomic E-state index is 12.1. The van der Waals surface area contributed by atoms with E-state index in [1.807, 2.05) is 6.92 Å². The molecule has 0 fully saturated rings. The van der Waals surface area contributed by atoms with Crippen LogP contribution in [0.1, 0.15) is 11.1 Å². The molecule has 0 aliphatic rings. The van der Waals surface area contributed by atoms with Gasteiger partial charge in [-0.15, -0.1) is 0 Å². The third kappa shape index (κ3) is 2.64. The zero-order chi connectivity index (χ0) is 16.6. The lowest BCUT2D eigenvalue weighted by atomic mass is 10.1. The highest BCUT2D eigenvalue weighted by Gasteiger charge is 2.19. The zero-order valence-corrected chi connectivity index (χ0v) is 13.7. The summed E-state index contributed by atoms with van der Waals surface area (Å²) >= 11 is 0. The van der Waals surface area contributed by atoms with Gasteiger partial charge in [0, 0.05) is 5.69 Å². The van der Waals surface area contributed by atoms with Gasteiger partial charge in [-0.2, -0.15) is 5.10 Å². The monoisotopic (exact) mass is 332 g/mol. The number of anilines is 2. The molecule has 0 aliphatic heterocycles. The maximum atomic E-state index is 12.1. The fraction of sp³-hybridized carbons (Fsp3) is 0.214. The summed E-state index contributed by atoms with van der Waals surface area (Å²) in [5, 5.41) is 9.97. The van der Waals surface area contributed by atoms with Crippen molar-refractivity contribution in [2.24, 2.45) is 0 Å². The number of hydrogen-bond donors (Lipinski definition) is 3. The second kappa shape index (κ2) is 5.60. The van der Waals surface area contributed by atoms with E-state index in [0.29, 0.717) is 28.1 Å². The number of nitrogens with zero attached hydrogens (tertiary/aromatic N) is 3. The van der Waals surface area contributed by atoms with E-state index in [-0.39, 0.29) is 4.90 Å². The van der Waals surface area contributed by atoms with Crippen molar-refractivity contribution in [3.05, 3.63) is 35.8 Å². The second-order valence-corrected chi connectivity index (χ2v) is 6.92. The van der Waals surface area contributed by atoms with E-state index in [0.717, 1.165) is 5.56 Å². The van der Waals surface area contributed by atoms with Gasteiger partial charge < -0.3 is 5.32 Å². The number of aryl methyl sites for hydroxylation is 1. The normalized spacial score (nSPS) is 11.8. The molecule has 0 aliphatic carbocycles. The first-order valence-electron chi connectivity index (χ1n) is 6.89. The first-order chi connectivity index (χ1) is 10.9. The molecular weight excluding hydrogens is 316 g/mol. The molecule has 0 unspecified atom stereocenters. The van der Waals surface area contributed by atoms with Crippen LogP contribution < -0.4 is 10.0 Å². The van der Waals surface area contributed by atoms with Crippen LogP contribution in [-0.2, 0) is 10.0 Å². The van der Waals surface area contributed by atoms with Crippen LogP contribution in [0.25, 0.3) is 11.0 Å². The molecule has 0 atom stereocenters. The number of H-pyrrole nitrogens is 1. The Kier molecular flexibility index (Phi) is 3.74. The molecular formula is C14H16N6O2S. The SMILES string of the molecule is CNS(=O)(=O)c1ccc(C)c(Nc2ncnc3cn[nH]c23)c1C. The quantitative estimate of drug-likeness (QED) is 0.669. The average Bonchev–Trinajstić information content (AvgIpc) is 3.00. The lowest BCUT2D eigenvalue weighted by Crippen LogP contribution is -2.20. The van der Waals surface area contributed by atoms with Gasteiger partial charge in [-0.25, -0.2) is 23.1 Å². The Bertz CT molecular complexity index is 980. The molecule has 9 heteroatoms. The minimum atomic E-state index is -3.53. The largest absolute Gasteiger partial charge is 0.338 e. The third-order valence-electron chi connectivity index (χ3n) is 3.67. The molecule has 120 valence electrons. The van der Waals surface area contributed by atoms with Crippen LogP contribution in [0, 0.1) is 13.8 Å². The highest BCUT2D eigenvalue weighted by molar-refractivity contribution is 7.89. The molecule has 0 bridgehead atoms. The zero-order valence-electron chi connectivity index (χ0n) is 12.9. The van der Waals surface area contributed by atoms with Gasteiger partial charge in [-0.3, -0.25) is 5.10 Å². The predicted octanol–water partition coefficient (Wildman–Crippen LogP) is 1.62. The topological polar surface area (TPSA) is 113 Å². The van der Waals surface area contributed by atoms with Crippen LogP contribution >= 0.6 is 0 Å². The molecule has 0 spiro atoms. The van der Waals surface area contributed by atoms with Crippen LogP contribution in [0.5, 0.6) is 0 Å². The van der Waals surface area contributed by atoms with Gasteiger partial charge in [0.05, 0.1) is 11.1 Å². The summed E-state index contributed by atoms with van der Waals surface area (Å²) in [5.74, 6) is 0.540. The molecule has 0 amide bonds. The number of rotatable bonds is 4. The van der Waals surface area contributed by atoms with Crippen molar-refractivity contribution in [1.29, 1.82) is 0 Å². The number of hydrogen-bond acceptors (Lipinski definition) is 6. The van der Waals surface area contributed by atoms with Gasteiger partial charge in [-0.05, 0) is 38.1 Å². The minimum Gasteiger partial charge on any atom is -0.338 e. The average molecular weight is 332 g/mol. The lowest BCUT2D eigenvalue weighted by molar-refractivity contribution is 0.587. The van der Waals surface area contributed by atoms with Crippen molar-refractivity contribution in [3.8, 4) is 0 Å². The molecule has 0 saturated heterocycles. The van der Waals surface area contributed by atoms with Crippen LogP contribution in [0.15, 0.2) is 29.6 Å². The summed E-state index contributed by atoms with van der Waals surface area (Å²) in [6.45, 7) is 3.65. The van der Waals surface area contributed by atoms with Crippen LogP contribution in [0.2, 0.25) is 0 Å². The van der Waals surface area contributed by atoms with Crippen LogP contribution in [-0.4, -0.2) is 35.6 Å². The fourth-order valence-corrected chi connectivity index (χ4v) is 3.37. The summed E-state index contributed by atoms with van der Waals surface area (Å²) in [4.78, 5) is 8.54. The molecule has 2 heterocycles. The lowest BCUT2D eigenvalue weighted by Gasteiger charge is -2.15. The number of nitrogens with one attached hydrogen (secondary N) is 3. The molecule has 3 N–H and O–H groups in total. The summed E-state index contributed by atoms with van der Waals surface area (Å²) in [6.07, 6.45) is 3.03. The maximum Gasteiger partial charge on any atom is 0.240 e. The van der Waals surface area contributed by atoms with Gasteiger partial charge >= 0.3 is 0 Å². The molecule has 23 heavy (non-hydrogen) atoms. The van der Waals surface area contributed by atoms with Crippen molar-refractivity contribution in [2.75, 3.05) is 12.4 Å². The van der Waals surface area contributed by atoms with Gasteiger partial charge in [0.1, 0.15) is 17.4 Å². The number of sulfonamides is 1. The Morgan fingerprint density at radius 1 is 1.17 bits per heavy atom. The molecule has 0 radical (unpaired) electrons. The number of aromatic nitrogens is 4. The number of fused-ring (bicyclic) bond motifs is 1. The van der Waals surface area contributed by atoms with Crippen molar-refractivity contribution in [1.82, 2.24) is 24.9 Å². The predicted molar refractivity (Wildman–Crippen MR) is 87.1 cm³/mol. The van der Waals surface area contributed by atoms with Gasteiger partial charge in [-0.1, -0.05) is 6.07 Å². The Morgan fingerprint density at radius 2 is 1.96 bits per heavy atom.